The molecule has 0 aromatic heterocycles. The zero-order chi connectivity index (χ0) is 14.7. The molecule has 0 spiro atoms. The zero-order valence-corrected chi connectivity index (χ0v) is 13.1. The summed E-state index contributed by atoms with van der Waals surface area (Å²) in [6.45, 7) is 2.48. The lowest BCUT2D eigenvalue weighted by Gasteiger charge is -2.19. The Morgan fingerprint density at radius 3 is 2.70 bits per heavy atom. The van der Waals surface area contributed by atoms with Crippen molar-refractivity contribution >= 4 is 27.5 Å². The van der Waals surface area contributed by atoms with Crippen LogP contribution in [0.25, 0.3) is 0 Å². The first kappa shape index (κ1) is 14.6. The van der Waals surface area contributed by atoms with E-state index in [0.29, 0.717) is 17.8 Å². The molecule has 4 heteroatoms. The predicted molar refractivity (Wildman–Crippen MR) is 85.5 cm³/mol. The van der Waals surface area contributed by atoms with Gasteiger partial charge in [0.25, 0.3) is 5.91 Å². The maximum Gasteiger partial charge on any atom is 0.254 e. The Hall–Kier alpha value is -1.81. The summed E-state index contributed by atoms with van der Waals surface area (Å²) < 4.78 is 1.01. The molecule has 0 bridgehead atoms. The number of anilines is 1. The van der Waals surface area contributed by atoms with E-state index < -0.39 is 0 Å². The molecule has 2 aromatic rings. The molecule has 0 fully saturated rings. The molecule has 0 aliphatic heterocycles. The number of aryl methyl sites for hydroxylation is 1. The number of carbonyl (C=O) groups is 1. The van der Waals surface area contributed by atoms with Crippen molar-refractivity contribution in [2.75, 3.05) is 12.8 Å². The molecule has 0 atom stereocenters. The van der Waals surface area contributed by atoms with Crippen molar-refractivity contribution in [3.63, 3.8) is 0 Å². The molecular weight excluding hydrogens is 316 g/mol. The molecule has 2 aromatic carbocycles. The summed E-state index contributed by atoms with van der Waals surface area (Å²) in [6, 6.07) is 13.3. The molecule has 0 aliphatic carbocycles. The van der Waals surface area contributed by atoms with Gasteiger partial charge >= 0.3 is 0 Å². The van der Waals surface area contributed by atoms with Gasteiger partial charge in [-0.15, -0.1) is 0 Å². The molecule has 20 heavy (non-hydrogen) atoms. The summed E-state index contributed by atoms with van der Waals surface area (Å²) in [7, 11) is 1.80. The van der Waals surface area contributed by atoms with E-state index >= 15 is 0 Å². The third kappa shape index (κ3) is 3.39. The van der Waals surface area contributed by atoms with Gasteiger partial charge in [0, 0.05) is 29.3 Å². The first-order valence-corrected chi connectivity index (χ1v) is 7.12. The average Bonchev–Trinajstić information content (AvgIpc) is 2.40. The molecule has 2 rings (SSSR count). The average molecular weight is 333 g/mol. The minimum absolute atomic E-state index is 0.0187. The number of halogens is 1. The van der Waals surface area contributed by atoms with Gasteiger partial charge in [0.1, 0.15) is 0 Å². The van der Waals surface area contributed by atoms with E-state index in [9.17, 15) is 4.79 Å². The highest BCUT2D eigenvalue weighted by Crippen LogP contribution is 2.17. The Balaban J connectivity index is 2.18. The second kappa shape index (κ2) is 6.09. The van der Waals surface area contributed by atoms with Gasteiger partial charge in [-0.2, -0.15) is 0 Å². The molecular formula is C16H17BrN2O. The number of benzene rings is 2. The van der Waals surface area contributed by atoms with Crippen LogP contribution in [-0.2, 0) is 6.54 Å². The summed E-state index contributed by atoms with van der Waals surface area (Å²) in [4.78, 5) is 14.2. The van der Waals surface area contributed by atoms with E-state index in [-0.39, 0.29) is 5.91 Å². The van der Waals surface area contributed by atoms with Gasteiger partial charge in [-0.3, -0.25) is 4.79 Å². The lowest BCUT2D eigenvalue weighted by Crippen LogP contribution is -2.27. The van der Waals surface area contributed by atoms with Crippen molar-refractivity contribution in [2.24, 2.45) is 0 Å². The molecule has 3 nitrogen and oxygen atoms in total. The highest BCUT2D eigenvalue weighted by atomic mass is 79.9. The Bertz CT molecular complexity index is 640. The lowest BCUT2D eigenvalue weighted by molar-refractivity contribution is 0.0784. The van der Waals surface area contributed by atoms with Crippen molar-refractivity contribution < 1.29 is 4.79 Å². The Morgan fingerprint density at radius 1 is 1.25 bits per heavy atom. The quantitative estimate of drug-likeness (QED) is 0.872. The van der Waals surface area contributed by atoms with Gasteiger partial charge < -0.3 is 10.6 Å². The Morgan fingerprint density at radius 2 is 2.00 bits per heavy atom. The van der Waals surface area contributed by atoms with Crippen LogP contribution in [0.1, 0.15) is 21.5 Å². The second-order valence-corrected chi connectivity index (χ2v) is 5.78. The standard InChI is InChI=1S/C16H17BrN2O/c1-11-6-7-14(18)9-15(11)16(20)19(2)10-12-4-3-5-13(17)8-12/h3-9H,10,18H2,1-2H3. The fourth-order valence-electron chi connectivity index (χ4n) is 2.06. The molecule has 104 valence electrons. The van der Waals surface area contributed by atoms with Crippen molar-refractivity contribution in [3.8, 4) is 0 Å². The van der Waals surface area contributed by atoms with Crippen LogP contribution in [-0.4, -0.2) is 17.9 Å². The minimum atomic E-state index is -0.0187. The van der Waals surface area contributed by atoms with Crippen LogP contribution < -0.4 is 5.73 Å². The van der Waals surface area contributed by atoms with Crippen LogP contribution in [0, 0.1) is 6.92 Å². The van der Waals surface area contributed by atoms with E-state index in [1.165, 1.54) is 0 Å². The molecule has 0 radical (unpaired) electrons. The Kier molecular flexibility index (Phi) is 4.45. The first-order chi connectivity index (χ1) is 9.47. The number of amides is 1. The molecule has 0 saturated carbocycles. The Labute approximate surface area is 127 Å². The molecule has 1 amide bonds. The third-order valence-electron chi connectivity index (χ3n) is 3.15. The SMILES string of the molecule is Cc1ccc(N)cc1C(=O)N(C)Cc1cccc(Br)c1. The maximum atomic E-state index is 12.5. The number of nitrogens with two attached hydrogens (primary N) is 1. The van der Waals surface area contributed by atoms with Crippen LogP contribution in [0.3, 0.4) is 0 Å². The van der Waals surface area contributed by atoms with Crippen molar-refractivity contribution in [2.45, 2.75) is 13.5 Å². The fraction of sp³-hybridized carbons (Fsp3) is 0.188. The second-order valence-electron chi connectivity index (χ2n) is 4.87. The number of hydrogen-bond acceptors (Lipinski definition) is 2. The van der Waals surface area contributed by atoms with Crippen molar-refractivity contribution in [1.29, 1.82) is 0 Å². The van der Waals surface area contributed by atoms with E-state index in [1.807, 2.05) is 37.3 Å². The highest BCUT2D eigenvalue weighted by molar-refractivity contribution is 9.10. The van der Waals surface area contributed by atoms with Gasteiger partial charge in [0.2, 0.25) is 0 Å². The summed E-state index contributed by atoms with van der Waals surface area (Å²) in [5, 5.41) is 0. The van der Waals surface area contributed by atoms with Crippen LogP contribution in [0.2, 0.25) is 0 Å². The van der Waals surface area contributed by atoms with Gasteiger partial charge in [-0.05, 0) is 42.3 Å². The predicted octanol–water partition coefficient (Wildman–Crippen LogP) is 3.61. The largest absolute Gasteiger partial charge is 0.399 e. The first-order valence-electron chi connectivity index (χ1n) is 6.33. The smallest absolute Gasteiger partial charge is 0.254 e. The topological polar surface area (TPSA) is 46.3 Å². The minimum Gasteiger partial charge on any atom is -0.399 e. The van der Waals surface area contributed by atoms with Gasteiger partial charge in [0.05, 0.1) is 0 Å². The van der Waals surface area contributed by atoms with Gasteiger partial charge in [-0.1, -0.05) is 34.1 Å². The fourth-order valence-corrected chi connectivity index (χ4v) is 2.50. The lowest BCUT2D eigenvalue weighted by atomic mass is 10.1. The molecule has 0 heterocycles. The number of carbonyl (C=O) groups excluding carboxylic acids is 1. The molecule has 0 aliphatic rings. The van der Waals surface area contributed by atoms with Gasteiger partial charge in [-0.25, -0.2) is 0 Å². The monoisotopic (exact) mass is 332 g/mol. The van der Waals surface area contributed by atoms with Gasteiger partial charge in [0.15, 0.2) is 0 Å². The number of nitrogens with zero attached hydrogens (tertiary/aromatic N) is 1. The number of rotatable bonds is 3. The molecule has 2 N–H and O–H groups in total. The number of nitrogen functional groups attached to an aromatic ring is 1. The third-order valence-corrected chi connectivity index (χ3v) is 3.64. The van der Waals surface area contributed by atoms with Crippen molar-refractivity contribution in [3.05, 3.63) is 63.6 Å². The van der Waals surface area contributed by atoms with Crippen LogP contribution >= 0.6 is 15.9 Å². The normalized spacial score (nSPS) is 10.3. The summed E-state index contributed by atoms with van der Waals surface area (Å²) >= 11 is 3.44. The van der Waals surface area contributed by atoms with Crippen LogP contribution in [0.4, 0.5) is 5.69 Å². The van der Waals surface area contributed by atoms with Crippen molar-refractivity contribution in [1.82, 2.24) is 4.90 Å². The maximum absolute atomic E-state index is 12.5. The van der Waals surface area contributed by atoms with E-state index in [2.05, 4.69) is 15.9 Å². The van der Waals surface area contributed by atoms with E-state index in [4.69, 9.17) is 5.73 Å². The molecule has 0 saturated heterocycles. The number of hydrogen-bond donors (Lipinski definition) is 1. The summed E-state index contributed by atoms with van der Waals surface area (Å²) in [5.41, 5.74) is 9.04. The van der Waals surface area contributed by atoms with Crippen LogP contribution in [0.15, 0.2) is 46.9 Å². The van der Waals surface area contributed by atoms with Crippen LogP contribution in [0.5, 0.6) is 0 Å². The zero-order valence-electron chi connectivity index (χ0n) is 11.6. The van der Waals surface area contributed by atoms with E-state index in [0.717, 1.165) is 15.6 Å². The highest BCUT2D eigenvalue weighted by Gasteiger charge is 2.14. The molecule has 0 unspecified atom stereocenters. The van der Waals surface area contributed by atoms with E-state index in [1.54, 1.807) is 24.1 Å². The summed E-state index contributed by atoms with van der Waals surface area (Å²) in [5.74, 6) is -0.0187. The summed E-state index contributed by atoms with van der Waals surface area (Å²) in [6.07, 6.45) is 0.